The van der Waals surface area contributed by atoms with Crippen LogP contribution in [0, 0.1) is 5.92 Å². The van der Waals surface area contributed by atoms with Gasteiger partial charge in [-0.2, -0.15) is 5.11 Å². The van der Waals surface area contributed by atoms with Crippen LogP contribution >= 0.6 is 0 Å². The molecule has 0 atom stereocenters. The molecule has 1 radical (unpaired) electrons. The number of carbonyl (C=O) groups is 1. The number of aldehydes is 1. The SMILES string of the molecule is CC[C]1C=CC(=C2N=NC=C2C=O)C=C1. The van der Waals surface area contributed by atoms with Crippen molar-refractivity contribution in [2.45, 2.75) is 13.3 Å². The molecule has 0 saturated heterocycles. The number of hydrogen-bond acceptors (Lipinski definition) is 3. The van der Waals surface area contributed by atoms with E-state index in [-0.39, 0.29) is 0 Å². The van der Waals surface area contributed by atoms with Crippen molar-refractivity contribution in [1.29, 1.82) is 0 Å². The normalized spacial score (nSPS) is 19.9. The molecular weight excluding hydrogens is 188 g/mol. The summed E-state index contributed by atoms with van der Waals surface area (Å²) in [7, 11) is 0. The molecule has 0 spiro atoms. The third kappa shape index (κ3) is 1.86. The summed E-state index contributed by atoms with van der Waals surface area (Å²) in [6.45, 7) is 2.11. The molecule has 3 nitrogen and oxygen atoms in total. The number of azo groups is 1. The first kappa shape index (κ1) is 9.77. The van der Waals surface area contributed by atoms with Crippen LogP contribution in [-0.2, 0) is 4.79 Å². The van der Waals surface area contributed by atoms with Crippen molar-refractivity contribution in [2.75, 3.05) is 0 Å². The number of nitrogens with zero attached hydrogens (tertiary/aromatic N) is 2. The molecule has 2 aliphatic rings. The monoisotopic (exact) mass is 199 g/mol. The number of hydrogen-bond donors (Lipinski definition) is 0. The molecule has 15 heavy (non-hydrogen) atoms. The molecule has 1 aliphatic carbocycles. The summed E-state index contributed by atoms with van der Waals surface area (Å²) in [6.07, 6.45) is 11.3. The Kier molecular flexibility index (Phi) is 2.72. The minimum atomic E-state index is 0.541. The molecule has 1 aliphatic heterocycles. The maximum Gasteiger partial charge on any atom is 0.153 e. The summed E-state index contributed by atoms with van der Waals surface area (Å²) in [5, 5.41) is 7.66. The van der Waals surface area contributed by atoms with Crippen molar-refractivity contribution in [3.8, 4) is 0 Å². The Labute approximate surface area is 88.6 Å². The third-order valence-corrected chi connectivity index (χ3v) is 2.39. The maximum absolute atomic E-state index is 10.7. The van der Waals surface area contributed by atoms with Crippen molar-refractivity contribution in [2.24, 2.45) is 10.2 Å². The number of allylic oxidation sites excluding steroid dienone is 6. The molecule has 1 heterocycles. The topological polar surface area (TPSA) is 41.8 Å². The summed E-state index contributed by atoms with van der Waals surface area (Å²) in [5.41, 5.74) is 2.14. The first-order valence-corrected chi connectivity index (χ1v) is 4.88. The lowest BCUT2D eigenvalue weighted by atomic mass is 9.96. The first-order valence-electron chi connectivity index (χ1n) is 4.88. The molecular formula is C12H11N2O. The van der Waals surface area contributed by atoms with Crippen molar-refractivity contribution in [3.05, 3.63) is 53.3 Å². The Morgan fingerprint density at radius 2 is 2.00 bits per heavy atom. The van der Waals surface area contributed by atoms with Crippen LogP contribution in [0.5, 0.6) is 0 Å². The zero-order valence-electron chi connectivity index (χ0n) is 8.47. The van der Waals surface area contributed by atoms with Gasteiger partial charge < -0.3 is 0 Å². The van der Waals surface area contributed by atoms with Gasteiger partial charge in [-0.3, -0.25) is 4.79 Å². The van der Waals surface area contributed by atoms with Gasteiger partial charge in [-0.05, 0) is 6.42 Å². The zero-order valence-corrected chi connectivity index (χ0v) is 8.47. The zero-order chi connectivity index (χ0) is 10.7. The van der Waals surface area contributed by atoms with Gasteiger partial charge in [-0.1, -0.05) is 31.2 Å². The predicted octanol–water partition coefficient (Wildman–Crippen LogP) is 2.90. The molecule has 75 valence electrons. The van der Waals surface area contributed by atoms with E-state index in [2.05, 4.69) is 17.2 Å². The van der Waals surface area contributed by atoms with Crippen LogP contribution in [0.4, 0.5) is 0 Å². The lowest BCUT2D eigenvalue weighted by Gasteiger charge is -2.09. The van der Waals surface area contributed by atoms with E-state index in [1.165, 1.54) is 12.1 Å². The predicted molar refractivity (Wildman–Crippen MR) is 57.8 cm³/mol. The van der Waals surface area contributed by atoms with Crippen molar-refractivity contribution >= 4 is 6.29 Å². The maximum atomic E-state index is 10.7. The molecule has 0 unspecified atom stereocenters. The van der Waals surface area contributed by atoms with Gasteiger partial charge >= 0.3 is 0 Å². The summed E-state index contributed by atoms with van der Waals surface area (Å²) in [6, 6.07) is 0. The van der Waals surface area contributed by atoms with Crippen LogP contribution in [0.15, 0.2) is 57.6 Å². The molecule has 0 aromatic rings. The molecule has 0 saturated carbocycles. The minimum Gasteiger partial charge on any atom is -0.298 e. The van der Waals surface area contributed by atoms with Gasteiger partial charge in [0.25, 0.3) is 0 Å². The highest BCUT2D eigenvalue weighted by Gasteiger charge is 2.14. The van der Waals surface area contributed by atoms with Crippen LogP contribution in [0.2, 0.25) is 0 Å². The van der Waals surface area contributed by atoms with E-state index >= 15 is 0 Å². The van der Waals surface area contributed by atoms with E-state index in [9.17, 15) is 4.79 Å². The molecule has 0 fully saturated rings. The largest absolute Gasteiger partial charge is 0.298 e. The standard InChI is InChI=1S/C12H11N2O/c1-2-9-3-5-10(6-4-9)12-11(8-15)7-13-14-12/h3-8H,2H2,1H3. The Bertz CT molecular complexity index is 409. The van der Waals surface area contributed by atoms with Gasteiger partial charge in [0.2, 0.25) is 0 Å². The second-order valence-electron chi connectivity index (χ2n) is 3.32. The molecule has 2 rings (SSSR count). The second kappa shape index (κ2) is 4.17. The van der Waals surface area contributed by atoms with Gasteiger partial charge in [-0.25, -0.2) is 0 Å². The number of rotatable bonds is 2. The van der Waals surface area contributed by atoms with E-state index in [0.717, 1.165) is 18.3 Å². The first-order chi connectivity index (χ1) is 7.35. The van der Waals surface area contributed by atoms with Crippen LogP contribution < -0.4 is 0 Å². The Hall–Kier alpha value is -1.77. The van der Waals surface area contributed by atoms with E-state index in [0.29, 0.717) is 11.3 Å². The van der Waals surface area contributed by atoms with Gasteiger partial charge in [0.05, 0.1) is 11.8 Å². The summed E-state index contributed by atoms with van der Waals surface area (Å²) in [4.78, 5) is 10.7. The van der Waals surface area contributed by atoms with E-state index < -0.39 is 0 Å². The smallest absolute Gasteiger partial charge is 0.153 e. The summed E-state index contributed by atoms with van der Waals surface area (Å²) in [5.74, 6) is 1.27. The highest BCUT2D eigenvalue weighted by Crippen LogP contribution is 2.26. The number of carbonyl (C=O) groups excluding carboxylic acids is 1. The molecule has 0 bridgehead atoms. The van der Waals surface area contributed by atoms with Gasteiger partial charge in [-0.15, -0.1) is 5.11 Å². The summed E-state index contributed by atoms with van der Waals surface area (Å²) >= 11 is 0. The summed E-state index contributed by atoms with van der Waals surface area (Å²) < 4.78 is 0. The van der Waals surface area contributed by atoms with Crippen molar-refractivity contribution < 1.29 is 4.79 Å². The average molecular weight is 199 g/mol. The Balaban J connectivity index is 2.30. The fraction of sp³-hybridized carbons (Fsp3) is 0.167. The molecule has 3 heteroatoms. The van der Waals surface area contributed by atoms with Crippen LogP contribution in [0.25, 0.3) is 0 Å². The Morgan fingerprint density at radius 1 is 1.27 bits per heavy atom. The van der Waals surface area contributed by atoms with Gasteiger partial charge in [0, 0.05) is 11.5 Å². The van der Waals surface area contributed by atoms with E-state index in [1.54, 1.807) is 0 Å². The van der Waals surface area contributed by atoms with Crippen molar-refractivity contribution in [1.82, 2.24) is 0 Å². The van der Waals surface area contributed by atoms with E-state index in [1.807, 2.05) is 24.3 Å². The average Bonchev–Trinajstić information content (AvgIpc) is 2.77. The quantitative estimate of drug-likeness (QED) is 0.630. The molecule has 0 aromatic heterocycles. The van der Waals surface area contributed by atoms with Crippen LogP contribution in [0.3, 0.4) is 0 Å². The highest BCUT2D eigenvalue weighted by atomic mass is 16.1. The Morgan fingerprint density at radius 3 is 2.60 bits per heavy atom. The molecule has 0 N–H and O–H groups in total. The fourth-order valence-electron chi connectivity index (χ4n) is 1.48. The minimum absolute atomic E-state index is 0.541. The highest BCUT2D eigenvalue weighted by molar-refractivity contribution is 5.82. The van der Waals surface area contributed by atoms with Crippen molar-refractivity contribution in [3.63, 3.8) is 0 Å². The fourth-order valence-corrected chi connectivity index (χ4v) is 1.48. The van der Waals surface area contributed by atoms with E-state index in [4.69, 9.17) is 0 Å². The van der Waals surface area contributed by atoms with Gasteiger partial charge in [0.15, 0.2) is 6.29 Å². The van der Waals surface area contributed by atoms with Crippen LogP contribution in [-0.4, -0.2) is 6.29 Å². The second-order valence-corrected chi connectivity index (χ2v) is 3.32. The van der Waals surface area contributed by atoms with Gasteiger partial charge in [0.1, 0.15) is 5.70 Å². The van der Waals surface area contributed by atoms with Crippen LogP contribution in [0.1, 0.15) is 13.3 Å². The lowest BCUT2D eigenvalue weighted by Crippen LogP contribution is -1.95. The molecule has 0 aromatic carbocycles. The lowest BCUT2D eigenvalue weighted by molar-refractivity contribution is -0.104. The molecule has 0 amide bonds. The third-order valence-electron chi connectivity index (χ3n) is 2.39.